The number of carbonyl (C=O) groups excluding carboxylic acids is 2. The summed E-state index contributed by atoms with van der Waals surface area (Å²) in [7, 11) is 0. The number of aromatic nitrogens is 1. The summed E-state index contributed by atoms with van der Waals surface area (Å²) < 4.78 is 38.7. The first kappa shape index (κ1) is 24.5. The van der Waals surface area contributed by atoms with Gasteiger partial charge in [-0.05, 0) is 59.2 Å². The monoisotopic (exact) mass is 490 g/mol. The summed E-state index contributed by atoms with van der Waals surface area (Å²) in [6, 6.07) is 23.1. The molecule has 36 heavy (non-hydrogen) atoms. The number of urea groups is 1. The molecule has 4 aromatic rings. The fraction of sp³-hybridized carbons (Fsp3) is 0.0741. The minimum absolute atomic E-state index is 0.268. The molecule has 0 aliphatic carbocycles. The normalized spacial score (nSPS) is 11.0. The van der Waals surface area contributed by atoms with Gasteiger partial charge in [0.1, 0.15) is 5.82 Å². The lowest BCUT2D eigenvalue weighted by molar-refractivity contribution is -0.137. The topological polar surface area (TPSA) is 83.1 Å². The Morgan fingerprint density at radius 2 is 1.47 bits per heavy atom. The van der Waals surface area contributed by atoms with Crippen LogP contribution in [0, 0.1) is 0 Å². The summed E-state index contributed by atoms with van der Waals surface area (Å²) in [5.74, 6) is 0.0377. The van der Waals surface area contributed by atoms with Crippen LogP contribution in [0.2, 0.25) is 0 Å². The second kappa shape index (κ2) is 10.7. The number of anilines is 2. The zero-order valence-electron chi connectivity index (χ0n) is 18.8. The van der Waals surface area contributed by atoms with Gasteiger partial charge >= 0.3 is 12.2 Å². The molecule has 0 aliphatic heterocycles. The molecule has 3 amide bonds. The standard InChI is InChI=1S/C27H21F3N4O2/c28-27(29,30)20-12-10-19(11-13-20)22-5-1-2-6-23(22)25(35)33-21-14-8-18(9-15-21)17-32-26(36)34-24-7-3-4-16-31-24/h1-16H,17H2,(H,33,35)(H2,31,32,34,36). The van der Waals surface area contributed by atoms with Crippen LogP contribution < -0.4 is 16.0 Å². The van der Waals surface area contributed by atoms with E-state index in [0.717, 1.165) is 17.7 Å². The molecule has 0 unspecified atom stereocenters. The molecule has 1 aromatic heterocycles. The third kappa shape index (κ3) is 6.26. The van der Waals surface area contributed by atoms with Crippen LogP contribution in [0.25, 0.3) is 11.1 Å². The lowest BCUT2D eigenvalue weighted by Gasteiger charge is -2.12. The number of benzene rings is 3. The molecule has 0 saturated heterocycles. The van der Waals surface area contributed by atoms with E-state index >= 15 is 0 Å². The second-order valence-electron chi connectivity index (χ2n) is 7.79. The van der Waals surface area contributed by atoms with Crippen molar-refractivity contribution >= 4 is 23.4 Å². The van der Waals surface area contributed by atoms with Crippen LogP contribution in [0.1, 0.15) is 21.5 Å². The number of rotatable bonds is 6. The Morgan fingerprint density at radius 3 is 2.14 bits per heavy atom. The van der Waals surface area contributed by atoms with Crippen molar-refractivity contribution in [3.8, 4) is 11.1 Å². The maximum absolute atomic E-state index is 12.9. The van der Waals surface area contributed by atoms with Gasteiger partial charge in [-0.2, -0.15) is 13.2 Å². The minimum Gasteiger partial charge on any atom is -0.334 e. The summed E-state index contributed by atoms with van der Waals surface area (Å²) in [6.07, 6.45) is -2.86. The molecule has 0 aliphatic rings. The second-order valence-corrected chi connectivity index (χ2v) is 7.79. The summed E-state index contributed by atoms with van der Waals surface area (Å²) in [4.78, 5) is 29.0. The van der Waals surface area contributed by atoms with Gasteiger partial charge in [0.2, 0.25) is 0 Å². The van der Waals surface area contributed by atoms with Gasteiger partial charge in [0.15, 0.2) is 0 Å². The maximum Gasteiger partial charge on any atom is 0.416 e. The number of halogens is 3. The Kier molecular flexibility index (Phi) is 7.29. The summed E-state index contributed by atoms with van der Waals surface area (Å²) in [5.41, 5.74) is 1.94. The van der Waals surface area contributed by atoms with Crippen molar-refractivity contribution in [1.29, 1.82) is 0 Å². The van der Waals surface area contributed by atoms with Crippen molar-refractivity contribution in [2.75, 3.05) is 10.6 Å². The van der Waals surface area contributed by atoms with Gasteiger partial charge in [-0.25, -0.2) is 9.78 Å². The van der Waals surface area contributed by atoms with Gasteiger partial charge < -0.3 is 10.6 Å². The van der Waals surface area contributed by atoms with Crippen LogP contribution in [0.3, 0.4) is 0 Å². The highest BCUT2D eigenvalue weighted by Gasteiger charge is 2.30. The molecule has 0 atom stereocenters. The molecule has 1 heterocycles. The Labute approximate surface area is 205 Å². The zero-order valence-corrected chi connectivity index (χ0v) is 18.8. The molecule has 182 valence electrons. The lowest BCUT2D eigenvalue weighted by atomic mass is 9.98. The van der Waals surface area contributed by atoms with Crippen LogP contribution in [-0.4, -0.2) is 16.9 Å². The average Bonchev–Trinajstić information content (AvgIpc) is 2.88. The van der Waals surface area contributed by atoms with Crippen molar-refractivity contribution in [3.05, 3.63) is 114 Å². The van der Waals surface area contributed by atoms with E-state index in [9.17, 15) is 22.8 Å². The highest BCUT2D eigenvalue weighted by molar-refractivity contribution is 6.08. The molecular formula is C27H21F3N4O2. The fourth-order valence-corrected chi connectivity index (χ4v) is 3.46. The third-order valence-corrected chi connectivity index (χ3v) is 5.27. The Bertz CT molecular complexity index is 1340. The highest BCUT2D eigenvalue weighted by Crippen LogP contribution is 2.32. The first-order valence-electron chi connectivity index (χ1n) is 10.9. The first-order valence-corrected chi connectivity index (χ1v) is 10.9. The van der Waals surface area contributed by atoms with E-state index in [4.69, 9.17) is 0 Å². The van der Waals surface area contributed by atoms with Crippen molar-refractivity contribution in [2.24, 2.45) is 0 Å². The van der Waals surface area contributed by atoms with Crippen molar-refractivity contribution in [1.82, 2.24) is 10.3 Å². The molecule has 0 saturated carbocycles. The number of pyridine rings is 1. The van der Waals surface area contributed by atoms with E-state index in [0.29, 0.717) is 28.2 Å². The quantitative estimate of drug-likeness (QED) is 0.295. The largest absolute Gasteiger partial charge is 0.416 e. The Hall–Kier alpha value is -4.66. The molecule has 3 N–H and O–H groups in total. The molecule has 0 spiro atoms. The summed E-state index contributed by atoms with van der Waals surface area (Å²) in [6.45, 7) is 0.268. The van der Waals surface area contributed by atoms with Crippen LogP contribution >= 0.6 is 0 Å². The maximum atomic E-state index is 12.9. The number of amides is 3. The fourth-order valence-electron chi connectivity index (χ4n) is 3.46. The Balaban J connectivity index is 1.39. The minimum atomic E-state index is -4.43. The smallest absolute Gasteiger partial charge is 0.334 e. The number of hydrogen-bond donors (Lipinski definition) is 3. The van der Waals surface area contributed by atoms with E-state index in [-0.39, 0.29) is 6.54 Å². The van der Waals surface area contributed by atoms with Crippen LogP contribution in [0.5, 0.6) is 0 Å². The molecular weight excluding hydrogens is 469 g/mol. The Morgan fingerprint density at radius 1 is 0.778 bits per heavy atom. The third-order valence-electron chi connectivity index (χ3n) is 5.27. The molecule has 9 heteroatoms. The van der Waals surface area contributed by atoms with Crippen LogP contribution in [-0.2, 0) is 12.7 Å². The van der Waals surface area contributed by atoms with E-state index in [1.165, 1.54) is 12.1 Å². The predicted molar refractivity (Wildman–Crippen MR) is 131 cm³/mol. The molecule has 4 rings (SSSR count). The van der Waals surface area contributed by atoms with Crippen LogP contribution in [0.15, 0.2) is 97.2 Å². The van der Waals surface area contributed by atoms with E-state index in [1.54, 1.807) is 72.9 Å². The first-order chi connectivity index (χ1) is 17.3. The number of nitrogens with one attached hydrogen (secondary N) is 3. The molecule has 0 radical (unpaired) electrons. The van der Waals surface area contributed by atoms with Gasteiger partial charge in [0.25, 0.3) is 5.91 Å². The number of nitrogens with zero attached hydrogens (tertiary/aromatic N) is 1. The van der Waals surface area contributed by atoms with Gasteiger partial charge in [0.05, 0.1) is 5.56 Å². The van der Waals surface area contributed by atoms with Crippen molar-refractivity contribution in [2.45, 2.75) is 12.7 Å². The van der Waals surface area contributed by atoms with Crippen molar-refractivity contribution in [3.63, 3.8) is 0 Å². The van der Waals surface area contributed by atoms with Gasteiger partial charge in [-0.1, -0.05) is 48.5 Å². The zero-order chi connectivity index (χ0) is 25.5. The molecule has 0 bridgehead atoms. The summed E-state index contributed by atoms with van der Waals surface area (Å²) in [5, 5.41) is 8.15. The van der Waals surface area contributed by atoms with Gasteiger partial charge in [-0.15, -0.1) is 0 Å². The van der Waals surface area contributed by atoms with E-state index < -0.39 is 23.7 Å². The highest BCUT2D eigenvalue weighted by atomic mass is 19.4. The lowest BCUT2D eigenvalue weighted by Crippen LogP contribution is -2.28. The van der Waals surface area contributed by atoms with Gasteiger partial charge in [-0.3, -0.25) is 10.1 Å². The van der Waals surface area contributed by atoms with E-state index in [1.807, 2.05) is 0 Å². The SMILES string of the molecule is O=C(NCc1ccc(NC(=O)c2ccccc2-c2ccc(C(F)(F)F)cc2)cc1)Nc1ccccn1. The summed E-state index contributed by atoms with van der Waals surface area (Å²) >= 11 is 0. The van der Waals surface area contributed by atoms with Crippen LogP contribution in [0.4, 0.5) is 29.5 Å². The molecule has 3 aromatic carbocycles. The molecule has 0 fully saturated rings. The van der Waals surface area contributed by atoms with Crippen molar-refractivity contribution < 1.29 is 22.8 Å². The molecule has 6 nitrogen and oxygen atoms in total. The number of carbonyl (C=O) groups is 2. The average molecular weight is 490 g/mol. The van der Waals surface area contributed by atoms with E-state index in [2.05, 4.69) is 20.9 Å². The number of hydrogen-bond acceptors (Lipinski definition) is 3. The number of alkyl halides is 3. The van der Waals surface area contributed by atoms with Gasteiger partial charge in [0, 0.05) is 24.0 Å². The predicted octanol–water partition coefficient (Wildman–Crippen LogP) is 6.34.